The number of anilines is 1. The van der Waals surface area contributed by atoms with E-state index in [4.69, 9.17) is 23.2 Å². The molecule has 0 fully saturated rings. The molecule has 0 radical (unpaired) electrons. The molecule has 0 heterocycles. The number of urea groups is 1. The first kappa shape index (κ1) is 20.4. The van der Waals surface area contributed by atoms with Crippen LogP contribution in [0.5, 0.6) is 0 Å². The van der Waals surface area contributed by atoms with Crippen LogP contribution in [0, 0.1) is 0 Å². The van der Waals surface area contributed by atoms with Gasteiger partial charge in [0.05, 0.1) is 5.69 Å². The smallest absolute Gasteiger partial charge is 0.263 e. The van der Waals surface area contributed by atoms with E-state index in [2.05, 4.69) is 0 Å². The fraction of sp³-hybridized carbons (Fsp3) is 0.267. The van der Waals surface area contributed by atoms with Crippen molar-refractivity contribution in [1.82, 2.24) is 5.32 Å². The third-order valence-electron chi connectivity index (χ3n) is 3.33. The average Bonchev–Trinajstić information content (AvgIpc) is 2.44. The van der Waals surface area contributed by atoms with Crippen LogP contribution in [0.1, 0.15) is 6.42 Å². The number of hydrogen-bond acceptors (Lipinski definition) is 1. The number of carbonyl (C=O) groups is 1. The monoisotopic (exact) mass is 418 g/mol. The number of nitrogens with zero attached hydrogens (tertiary/aromatic N) is 1. The Morgan fingerprint density at radius 2 is 1.85 bits per heavy atom. The van der Waals surface area contributed by atoms with Crippen LogP contribution in [-0.2, 0) is 0 Å². The summed E-state index contributed by atoms with van der Waals surface area (Å²) in [6.07, 6.45) is -8.02. The van der Waals surface area contributed by atoms with Gasteiger partial charge < -0.3 is 0 Å². The molecule has 1 aromatic carbocycles. The molecule has 0 spiro atoms. The van der Waals surface area contributed by atoms with Gasteiger partial charge in [0.2, 0.25) is 0 Å². The van der Waals surface area contributed by atoms with Crippen molar-refractivity contribution in [2.45, 2.75) is 23.8 Å². The van der Waals surface area contributed by atoms with Crippen molar-refractivity contribution in [1.29, 1.82) is 0 Å². The van der Waals surface area contributed by atoms with Crippen LogP contribution in [0.4, 0.5) is 36.8 Å². The first-order valence-electron chi connectivity index (χ1n) is 6.92. The molecule has 2 rings (SSSR count). The molecule has 142 valence electrons. The highest BCUT2D eigenvalue weighted by molar-refractivity contribution is 6.31. The van der Waals surface area contributed by atoms with E-state index in [1.165, 1.54) is 18.2 Å². The molecule has 0 saturated heterocycles. The Hall–Kier alpha value is -1.87. The standard InChI is InChI=1S/C15H10Cl2F6N2O/c16-9-3-1-4-10(7-9)25(12(26)24-15(21,22)23)11-5-2-6-13(17,8-11)14(18,19)20/h1-5,7-8H,6H2,(H,24,26). The number of carbonyl (C=O) groups excluding carboxylic acids is 1. The Kier molecular flexibility index (Phi) is 5.53. The fourth-order valence-corrected chi connectivity index (χ4v) is 2.59. The second kappa shape index (κ2) is 7.03. The first-order valence-corrected chi connectivity index (χ1v) is 7.68. The van der Waals surface area contributed by atoms with Crippen LogP contribution < -0.4 is 10.2 Å². The van der Waals surface area contributed by atoms with Gasteiger partial charge in [-0.25, -0.2) is 10.1 Å². The molecule has 1 N–H and O–H groups in total. The van der Waals surface area contributed by atoms with E-state index in [-0.39, 0.29) is 10.7 Å². The molecule has 0 aromatic heterocycles. The zero-order valence-corrected chi connectivity index (χ0v) is 14.1. The van der Waals surface area contributed by atoms with E-state index in [1.807, 2.05) is 0 Å². The molecule has 0 bridgehead atoms. The molecular weight excluding hydrogens is 409 g/mol. The quantitative estimate of drug-likeness (QED) is 0.369. The number of nitrogens with one attached hydrogen (secondary N) is 1. The van der Waals surface area contributed by atoms with E-state index >= 15 is 0 Å². The maximum Gasteiger partial charge on any atom is 0.485 e. The highest BCUT2D eigenvalue weighted by Gasteiger charge is 2.53. The summed E-state index contributed by atoms with van der Waals surface area (Å²) in [7, 11) is 0. The van der Waals surface area contributed by atoms with Gasteiger partial charge >= 0.3 is 18.5 Å². The van der Waals surface area contributed by atoms with Gasteiger partial charge in [-0.1, -0.05) is 23.7 Å². The van der Waals surface area contributed by atoms with Crippen LogP contribution in [0.3, 0.4) is 0 Å². The van der Waals surface area contributed by atoms with Crippen molar-refractivity contribution in [3.63, 3.8) is 0 Å². The van der Waals surface area contributed by atoms with Crippen molar-refractivity contribution >= 4 is 34.9 Å². The van der Waals surface area contributed by atoms with Crippen molar-refractivity contribution in [2.24, 2.45) is 0 Å². The SMILES string of the molecule is O=C(NC(F)(F)F)N(C1=CC(Cl)(C(F)(F)F)CC=C1)c1cccc(Cl)c1. The van der Waals surface area contributed by atoms with E-state index in [1.54, 1.807) is 0 Å². The molecule has 1 unspecified atom stereocenters. The van der Waals surface area contributed by atoms with Gasteiger partial charge in [0.25, 0.3) is 0 Å². The molecule has 11 heteroatoms. The van der Waals surface area contributed by atoms with Gasteiger partial charge in [-0.3, -0.25) is 4.90 Å². The van der Waals surface area contributed by atoms with Gasteiger partial charge in [0.1, 0.15) is 0 Å². The fourth-order valence-electron chi connectivity index (χ4n) is 2.21. The Morgan fingerprint density at radius 3 is 2.38 bits per heavy atom. The number of halogens is 8. The van der Waals surface area contributed by atoms with Gasteiger partial charge in [-0.05, 0) is 36.8 Å². The molecule has 26 heavy (non-hydrogen) atoms. The van der Waals surface area contributed by atoms with Gasteiger partial charge in [-0.15, -0.1) is 11.6 Å². The summed E-state index contributed by atoms with van der Waals surface area (Å²) in [5.74, 6) is 0. The molecule has 2 amide bonds. The van der Waals surface area contributed by atoms with Gasteiger partial charge in [0, 0.05) is 10.7 Å². The second-order valence-corrected chi connectivity index (χ2v) is 6.39. The molecule has 1 atom stereocenters. The van der Waals surface area contributed by atoms with Crippen molar-refractivity contribution in [3.05, 3.63) is 53.2 Å². The van der Waals surface area contributed by atoms with Crippen molar-refractivity contribution in [3.8, 4) is 0 Å². The maximum atomic E-state index is 13.2. The van der Waals surface area contributed by atoms with E-state index in [0.717, 1.165) is 23.5 Å². The summed E-state index contributed by atoms with van der Waals surface area (Å²) in [6.45, 7) is 0. The predicted octanol–water partition coefficient (Wildman–Crippen LogP) is 5.76. The van der Waals surface area contributed by atoms with Crippen LogP contribution >= 0.6 is 23.2 Å². The lowest BCUT2D eigenvalue weighted by Crippen LogP contribution is -2.47. The highest BCUT2D eigenvalue weighted by Crippen LogP contribution is 2.44. The summed E-state index contributed by atoms with van der Waals surface area (Å²) in [6, 6.07) is 3.35. The minimum absolute atomic E-state index is 0.0701. The van der Waals surface area contributed by atoms with Crippen LogP contribution in [0.25, 0.3) is 0 Å². The molecule has 1 aromatic rings. The topological polar surface area (TPSA) is 32.3 Å². The van der Waals surface area contributed by atoms with Crippen LogP contribution in [0.15, 0.2) is 48.2 Å². The van der Waals surface area contributed by atoms with Crippen molar-refractivity contribution in [2.75, 3.05) is 4.90 Å². The summed E-state index contributed by atoms with van der Waals surface area (Å²) in [5, 5.41) is 0.815. The molecule has 0 aliphatic heterocycles. The first-order chi connectivity index (χ1) is 11.8. The lowest BCUT2D eigenvalue weighted by atomic mass is 9.96. The summed E-state index contributed by atoms with van der Waals surface area (Å²) < 4.78 is 77.1. The van der Waals surface area contributed by atoms with Crippen molar-refractivity contribution < 1.29 is 31.1 Å². The Labute approximate surface area is 153 Å². The molecule has 0 saturated carbocycles. The minimum atomic E-state index is -5.09. The molecule has 1 aliphatic carbocycles. The number of hydrogen-bond donors (Lipinski definition) is 1. The molecular formula is C15H10Cl2F6N2O. The maximum absolute atomic E-state index is 13.2. The van der Waals surface area contributed by atoms with E-state index < -0.39 is 35.5 Å². The predicted molar refractivity (Wildman–Crippen MR) is 85.0 cm³/mol. The lowest BCUT2D eigenvalue weighted by molar-refractivity contribution is -0.150. The summed E-state index contributed by atoms with van der Waals surface area (Å²) in [5.41, 5.74) is -0.647. The lowest BCUT2D eigenvalue weighted by Gasteiger charge is -2.32. The zero-order chi connectivity index (χ0) is 19.8. The number of benzene rings is 1. The average molecular weight is 419 g/mol. The van der Waals surface area contributed by atoms with Gasteiger partial charge in [0.15, 0.2) is 4.87 Å². The third-order valence-corrected chi connectivity index (χ3v) is 4.04. The number of allylic oxidation sites excluding steroid dienone is 3. The van der Waals surface area contributed by atoms with Gasteiger partial charge in [-0.2, -0.15) is 26.3 Å². The normalized spacial score (nSPS) is 20.5. The largest absolute Gasteiger partial charge is 0.485 e. The second-order valence-electron chi connectivity index (χ2n) is 5.28. The van der Waals surface area contributed by atoms with Crippen LogP contribution in [-0.4, -0.2) is 23.4 Å². The zero-order valence-electron chi connectivity index (χ0n) is 12.6. The molecule has 1 aliphatic rings. The van der Waals surface area contributed by atoms with E-state index in [0.29, 0.717) is 11.0 Å². The summed E-state index contributed by atoms with van der Waals surface area (Å²) >= 11 is 11.4. The van der Waals surface area contributed by atoms with Crippen LogP contribution in [0.2, 0.25) is 5.02 Å². The highest BCUT2D eigenvalue weighted by atomic mass is 35.5. The Morgan fingerprint density at radius 1 is 1.19 bits per heavy atom. The minimum Gasteiger partial charge on any atom is -0.263 e. The molecule has 3 nitrogen and oxygen atoms in total. The third kappa shape index (κ3) is 4.64. The number of amides is 2. The Bertz CT molecular complexity index is 759. The van der Waals surface area contributed by atoms with E-state index in [9.17, 15) is 31.1 Å². The Balaban J connectivity index is 2.53. The number of rotatable bonds is 2. The summed E-state index contributed by atoms with van der Waals surface area (Å²) in [4.78, 5) is 9.64. The number of alkyl halides is 7.